The van der Waals surface area contributed by atoms with Crippen LogP contribution in [0.2, 0.25) is 0 Å². The molecule has 0 saturated carbocycles. The predicted octanol–water partition coefficient (Wildman–Crippen LogP) is 2.87. The average molecular weight is 327 g/mol. The maximum atomic E-state index is 13.0. The average Bonchev–Trinajstić information content (AvgIpc) is 3.18. The maximum Gasteiger partial charge on any atom is 0.270 e. The number of halogens is 1. The molecule has 1 saturated heterocycles. The number of aryl methyl sites for hydroxylation is 1. The number of hydrogen-bond acceptors (Lipinski definition) is 3. The van der Waals surface area contributed by atoms with Crippen molar-refractivity contribution in [3.05, 3.63) is 54.2 Å². The van der Waals surface area contributed by atoms with Crippen LogP contribution in [0.4, 0.5) is 10.1 Å². The van der Waals surface area contributed by atoms with E-state index >= 15 is 0 Å². The number of benzene rings is 1. The van der Waals surface area contributed by atoms with Crippen LogP contribution in [0.15, 0.2) is 47.1 Å². The lowest BCUT2D eigenvalue weighted by Crippen LogP contribution is -2.49. The van der Waals surface area contributed by atoms with Crippen LogP contribution in [0, 0.1) is 5.82 Å². The first kappa shape index (κ1) is 14.8. The largest absolute Gasteiger partial charge is 0.463 e. The van der Waals surface area contributed by atoms with Crippen molar-refractivity contribution in [1.29, 1.82) is 0 Å². The molecule has 0 aliphatic carbocycles. The zero-order chi connectivity index (χ0) is 16.7. The molecule has 0 atom stereocenters. The van der Waals surface area contributed by atoms with Crippen molar-refractivity contribution in [2.45, 2.75) is 0 Å². The number of amides is 1. The summed E-state index contributed by atoms with van der Waals surface area (Å²) in [7, 11) is 1.87. The number of hydrogen-bond donors (Lipinski definition) is 0. The Morgan fingerprint density at radius 2 is 1.79 bits per heavy atom. The first-order chi connectivity index (χ1) is 11.6. The van der Waals surface area contributed by atoms with E-state index in [0.717, 1.165) is 29.9 Å². The van der Waals surface area contributed by atoms with E-state index in [1.807, 2.05) is 22.6 Å². The van der Waals surface area contributed by atoms with Crippen molar-refractivity contribution in [2.75, 3.05) is 31.1 Å². The van der Waals surface area contributed by atoms with Crippen LogP contribution in [-0.2, 0) is 7.05 Å². The van der Waals surface area contributed by atoms with Crippen LogP contribution >= 0.6 is 0 Å². The van der Waals surface area contributed by atoms with Gasteiger partial charge in [-0.05, 0) is 24.3 Å². The van der Waals surface area contributed by atoms with Gasteiger partial charge in [0.2, 0.25) is 0 Å². The standard InChI is InChI=1S/C18H18FN3O2/c1-20-15-6-11-24-17(15)12-16(20)18(23)22-9-7-21(8-10-22)14-4-2-13(19)3-5-14/h2-6,11-12H,7-10H2,1H3. The molecule has 0 unspecified atom stereocenters. The molecule has 6 heteroatoms. The van der Waals surface area contributed by atoms with Gasteiger partial charge in [-0.1, -0.05) is 0 Å². The van der Waals surface area contributed by atoms with Crippen LogP contribution in [0.25, 0.3) is 11.1 Å². The molecule has 24 heavy (non-hydrogen) atoms. The second-order valence-electron chi connectivity index (χ2n) is 6.01. The lowest BCUT2D eigenvalue weighted by atomic mass is 10.2. The van der Waals surface area contributed by atoms with Crippen LogP contribution in [-0.4, -0.2) is 41.6 Å². The van der Waals surface area contributed by atoms with E-state index in [1.54, 1.807) is 24.5 Å². The number of fused-ring (bicyclic) bond motifs is 1. The van der Waals surface area contributed by atoms with Gasteiger partial charge in [-0.15, -0.1) is 0 Å². The Bertz CT molecular complexity index is 873. The summed E-state index contributed by atoms with van der Waals surface area (Å²) in [6, 6.07) is 10.1. The SMILES string of the molecule is Cn1c(C(=O)N2CCN(c3ccc(F)cc3)CC2)cc2occc21. The van der Waals surface area contributed by atoms with E-state index < -0.39 is 0 Å². The molecule has 5 nitrogen and oxygen atoms in total. The second kappa shape index (κ2) is 5.70. The molecule has 0 N–H and O–H groups in total. The van der Waals surface area contributed by atoms with E-state index in [0.29, 0.717) is 18.8 Å². The van der Waals surface area contributed by atoms with Gasteiger partial charge < -0.3 is 18.8 Å². The topological polar surface area (TPSA) is 41.6 Å². The Morgan fingerprint density at radius 3 is 2.46 bits per heavy atom. The molecule has 124 valence electrons. The summed E-state index contributed by atoms with van der Waals surface area (Å²) in [4.78, 5) is 16.8. The second-order valence-corrected chi connectivity index (χ2v) is 6.01. The zero-order valence-corrected chi connectivity index (χ0v) is 13.4. The summed E-state index contributed by atoms with van der Waals surface area (Å²) in [6.07, 6.45) is 1.63. The van der Waals surface area contributed by atoms with E-state index in [1.165, 1.54) is 12.1 Å². The van der Waals surface area contributed by atoms with Gasteiger partial charge in [0.05, 0.1) is 11.8 Å². The van der Waals surface area contributed by atoms with Crippen molar-refractivity contribution < 1.29 is 13.6 Å². The number of aromatic nitrogens is 1. The Balaban J connectivity index is 1.47. The molecular weight excluding hydrogens is 309 g/mol. The van der Waals surface area contributed by atoms with Crippen molar-refractivity contribution in [2.24, 2.45) is 7.05 Å². The molecule has 1 amide bonds. The molecule has 1 aliphatic rings. The number of nitrogens with zero attached hydrogens (tertiary/aromatic N) is 3. The number of anilines is 1. The van der Waals surface area contributed by atoms with Gasteiger partial charge in [-0.2, -0.15) is 0 Å². The minimum Gasteiger partial charge on any atom is -0.463 e. The Labute approximate surface area is 138 Å². The highest BCUT2D eigenvalue weighted by atomic mass is 19.1. The summed E-state index contributed by atoms with van der Waals surface area (Å²) in [5.41, 5.74) is 3.27. The number of piperazine rings is 1. The summed E-state index contributed by atoms with van der Waals surface area (Å²) in [6.45, 7) is 2.75. The van der Waals surface area contributed by atoms with Crippen LogP contribution < -0.4 is 4.90 Å². The molecular formula is C18H18FN3O2. The molecule has 3 heterocycles. The quantitative estimate of drug-likeness (QED) is 0.727. The molecule has 3 aromatic rings. The van der Waals surface area contributed by atoms with Gasteiger partial charge in [0.15, 0.2) is 5.58 Å². The minimum absolute atomic E-state index is 0.0163. The van der Waals surface area contributed by atoms with Crippen molar-refractivity contribution in [3.8, 4) is 0 Å². The van der Waals surface area contributed by atoms with Gasteiger partial charge >= 0.3 is 0 Å². The van der Waals surface area contributed by atoms with Crippen LogP contribution in [0.5, 0.6) is 0 Å². The van der Waals surface area contributed by atoms with Gasteiger partial charge in [-0.3, -0.25) is 4.79 Å². The third kappa shape index (κ3) is 2.44. The Morgan fingerprint density at radius 1 is 1.08 bits per heavy atom. The normalized spacial score (nSPS) is 15.2. The first-order valence-electron chi connectivity index (χ1n) is 7.96. The van der Waals surface area contributed by atoms with Gasteiger partial charge in [-0.25, -0.2) is 4.39 Å². The van der Waals surface area contributed by atoms with E-state index in [9.17, 15) is 9.18 Å². The number of rotatable bonds is 2. The van der Waals surface area contributed by atoms with Crippen molar-refractivity contribution >= 4 is 22.7 Å². The Kier molecular flexibility index (Phi) is 3.52. The van der Waals surface area contributed by atoms with Crippen LogP contribution in [0.3, 0.4) is 0 Å². The third-order valence-corrected chi connectivity index (χ3v) is 4.64. The zero-order valence-electron chi connectivity index (χ0n) is 13.4. The molecule has 1 fully saturated rings. The van der Waals surface area contributed by atoms with E-state index in [-0.39, 0.29) is 11.7 Å². The predicted molar refractivity (Wildman–Crippen MR) is 89.7 cm³/mol. The summed E-state index contributed by atoms with van der Waals surface area (Å²) in [5, 5.41) is 0. The summed E-state index contributed by atoms with van der Waals surface area (Å²) >= 11 is 0. The molecule has 2 aromatic heterocycles. The smallest absolute Gasteiger partial charge is 0.270 e. The molecule has 1 aromatic carbocycles. The van der Waals surface area contributed by atoms with Gasteiger partial charge in [0.25, 0.3) is 5.91 Å². The Hall–Kier alpha value is -2.76. The molecule has 4 rings (SSSR count). The summed E-state index contributed by atoms with van der Waals surface area (Å²) in [5.74, 6) is -0.219. The first-order valence-corrected chi connectivity index (χ1v) is 7.96. The van der Waals surface area contributed by atoms with Crippen LogP contribution in [0.1, 0.15) is 10.5 Å². The molecule has 0 radical (unpaired) electrons. The third-order valence-electron chi connectivity index (χ3n) is 4.64. The minimum atomic E-state index is -0.236. The number of carbonyl (C=O) groups is 1. The highest BCUT2D eigenvalue weighted by molar-refractivity contribution is 5.97. The summed E-state index contributed by atoms with van der Waals surface area (Å²) < 4.78 is 20.3. The van der Waals surface area contributed by atoms with Gasteiger partial charge in [0.1, 0.15) is 11.5 Å². The fraction of sp³-hybridized carbons (Fsp3) is 0.278. The highest BCUT2D eigenvalue weighted by Gasteiger charge is 2.25. The fourth-order valence-corrected chi connectivity index (χ4v) is 3.24. The van der Waals surface area contributed by atoms with Gasteiger partial charge in [0, 0.05) is 51.0 Å². The number of carbonyl (C=O) groups excluding carboxylic acids is 1. The monoisotopic (exact) mass is 327 g/mol. The molecule has 0 spiro atoms. The van der Waals surface area contributed by atoms with E-state index in [2.05, 4.69) is 4.90 Å². The fourth-order valence-electron chi connectivity index (χ4n) is 3.24. The lowest BCUT2D eigenvalue weighted by molar-refractivity contribution is 0.0737. The molecule has 0 bridgehead atoms. The van der Waals surface area contributed by atoms with Crippen molar-refractivity contribution in [1.82, 2.24) is 9.47 Å². The lowest BCUT2D eigenvalue weighted by Gasteiger charge is -2.36. The van der Waals surface area contributed by atoms with Crippen molar-refractivity contribution in [3.63, 3.8) is 0 Å². The molecule has 1 aliphatic heterocycles. The highest BCUT2D eigenvalue weighted by Crippen LogP contribution is 2.22. The van der Waals surface area contributed by atoms with E-state index in [4.69, 9.17) is 4.42 Å². The number of furan rings is 1. The maximum absolute atomic E-state index is 13.0.